The Bertz CT molecular complexity index is 78.1. The van der Waals surface area contributed by atoms with E-state index in [0.29, 0.717) is 5.92 Å². The van der Waals surface area contributed by atoms with E-state index in [0.717, 1.165) is 12.8 Å². The molecule has 1 fully saturated rings. The highest BCUT2D eigenvalue weighted by atomic mass is 16.1. The number of hydrogen-bond donors (Lipinski definition) is 1. The summed E-state index contributed by atoms with van der Waals surface area (Å²) in [6.07, 6.45) is 4.00. The van der Waals surface area contributed by atoms with E-state index >= 15 is 0 Å². The van der Waals surface area contributed by atoms with Gasteiger partial charge in [-0.05, 0) is 18.8 Å². The minimum Gasteiger partial charge on any atom is -0.321 e. The molecule has 2 N–H and O–H groups in total. The Balaban J connectivity index is 2.22. The van der Waals surface area contributed by atoms with Gasteiger partial charge in [0.15, 0.2) is 0 Å². The molecule has 0 aromatic carbocycles. The molecule has 0 bridgehead atoms. The lowest BCUT2D eigenvalue weighted by Crippen LogP contribution is -2.23. The van der Waals surface area contributed by atoms with Gasteiger partial charge in [0.25, 0.3) is 0 Å². The summed E-state index contributed by atoms with van der Waals surface area (Å²) >= 11 is 0. The first-order chi connectivity index (χ1) is 3.34. The maximum atomic E-state index is 9.74. The molecule has 1 aliphatic rings. The minimum atomic E-state index is -0.292. The highest BCUT2D eigenvalue weighted by molar-refractivity contribution is 5.59. The SMILES string of the molecule is NC([C]=O)C1CC1. The smallest absolute Gasteiger partial charge is 0.216 e. The van der Waals surface area contributed by atoms with Crippen molar-refractivity contribution in [3.63, 3.8) is 0 Å². The van der Waals surface area contributed by atoms with Gasteiger partial charge in [-0.2, -0.15) is 0 Å². The van der Waals surface area contributed by atoms with E-state index < -0.39 is 0 Å². The fraction of sp³-hybridized carbons (Fsp3) is 0.800. The molecular formula is C5H8NO. The van der Waals surface area contributed by atoms with E-state index in [1.54, 1.807) is 6.29 Å². The monoisotopic (exact) mass is 98.1 g/mol. The summed E-state index contributed by atoms with van der Waals surface area (Å²) in [5.74, 6) is 0.470. The molecule has 0 heterocycles. The van der Waals surface area contributed by atoms with Gasteiger partial charge in [-0.3, -0.25) is 4.79 Å². The minimum absolute atomic E-state index is 0.292. The van der Waals surface area contributed by atoms with Gasteiger partial charge in [-0.25, -0.2) is 0 Å². The highest BCUT2D eigenvalue weighted by Gasteiger charge is 2.28. The van der Waals surface area contributed by atoms with Crippen molar-refractivity contribution < 1.29 is 4.79 Å². The fourth-order valence-electron chi connectivity index (χ4n) is 0.552. The average Bonchev–Trinajstić information content (AvgIpc) is 2.44. The lowest BCUT2D eigenvalue weighted by atomic mass is 10.2. The number of carbonyl (C=O) groups excluding carboxylic acids is 1. The lowest BCUT2D eigenvalue weighted by molar-refractivity contribution is 0.532. The first-order valence-electron chi connectivity index (χ1n) is 2.48. The molecule has 2 nitrogen and oxygen atoms in total. The van der Waals surface area contributed by atoms with Crippen LogP contribution in [0, 0.1) is 5.92 Å². The van der Waals surface area contributed by atoms with E-state index in [1.165, 1.54) is 0 Å². The van der Waals surface area contributed by atoms with Gasteiger partial charge in [0.1, 0.15) is 0 Å². The van der Waals surface area contributed by atoms with Crippen LogP contribution in [0.2, 0.25) is 0 Å². The van der Waals surface area contributed by atoms with Crippen molar-refractivity contribution in [3.05, 3.63) is 0 Å². The maximum absolute atomic E-state index is 9.74. The molecule has 0 aromatic heterocycles. The highest BCUT2D eigenvalue weighted by Crippen LogP contribution is 2.30. The molecule has 7 heavy (non-hydrogen) atoms. The third kappa shape index (κ3) is 0.996. The summed E-state index contributed by atoms with van der Waals surface area (Å²) in [6, 6.07) is -0.292. The van der Waals surface area contributed by atoms with Crippen LogP contribution in [0.4, 0.5) is 0 Å². The number of rotatable bonds is 2. The van der Waals surface area contributed by atoms with Gasteiger partial charge in [-0.1, -0.05) is 0 Å². The van der Waals surface area contributed by atoms with Crippen LogP contribution in [0.25, 0.3) is 0 Å². The zero-order chi connectivity index (χ0) is 5.28. The predicted molar refractivity (Wildman–Crippen MR) is 26.4 cm³/mol. The Morgan fingerprint density at radius 3 is 2.43 bits per heavy atom. The van der Waals surface area contributed by atoms with Crippen molar-refractivity contribution >= 4 is 6.29 Å². The van der Waals surface area contributed by atoms with Crippen molar-refractivity contribution in [1.82, 2.24) is 0 Å². The van der Waals surface area contributed by atoms with Crippen LogP contribution in [-0.2, 0) is 4.79 Å². The molecule has 1 unspecified atom stereocenters. The van der Waals surface area contributed by atoms with Crippen LogP contribution in [0.1, 0.15) is 12.8 Å². The van der Waals surface area contributed by atoms with Gasteiger partial charge in [0.05, 0.1) is 6.04 Å². The number of nitrogens with two attached hydrogens (primary N) is 1. The molecule has 0 saturated heterocycles. The van der Waals surface area contributed by atoms with Crippen LogP contribution in [0.15, 0.2) is 0 Å². The first kappa shape index (κ1) is 4.78. The van der Waals surface area contributed by atoms with E-state index in [-0.39, 0.29) is 6.04 Å². The topological polar surface area (TPSA) is 43.1 Å². The Labute approximate surface area is 42.7 Å². The Kier molecular flexibility index (Phi) is 1.11. The van der Waals surface area contributed by atoms with E-state index in [9.17, 15) is 4.79 Å². The standard InChI is InChI=1S/C5H8NO/c6-5(3-7)4-1-2-4/h4-5H,1-2,6H2. The second kappa shape index (κ2) is 1.62. The van der Waals surface area contributed by atoms with E-state index in [1.807, 2.05) is 0 Å². The maximum Gasteiger partial charge on any atom is 0.216 e. The number of hydrogen-bond acceptors (Lipinski definition) is 2. The largest absolute Gasteiger partial charge is 0.321 e. The average molecular weight is 98.1 g/mol. The molecule has 1 radical (unpaired) electrons. The fourth-order valence-corrected chi connectivity index (χ4v) is 0.552. The summed E-state index contributed by atoms with van der Waals surface area (Å²) in [6.45, 7) is 0. The molecule has 0 amide bonds. The Morgan fingerprint density at radius 1 is 1.71 bits per heavy atom. The van der Waals surface area contributed by atoms with Crippen molar-refractivity contribution in [2.75, 3.05) is 0 Å². The van der Waals surface area contributed by atoms with Gasteiger partial charge >= 0.3 is 0 Å². The Morgan fingerprint density at radius 2 is 2.29 bits per heavy atom. The van der Waals surface area contributed by atoms with Gasteiger partial charge in [0.2, 0.25) is 6.29 Å². The molecule has 39 valence electrons. The molecule has 1 atom stereocenters. The van der Waals surface area contributed by atoms with Crippen molar-refractivity contribution in [1.29, 1.82) is 0 Å². The zero-order valence-corrected chi connectivity index (χ0v) is 4.05. The van der Waals surface area contributed by atoms with Gasteiger partial charge in [0, 0.05) is 0 Å². The van der Waals surface area contributed by atoms with Crippen LogP contribution >= 0.6 is 0 Å². The van der Waals surface area contributed by atoms with Gasteiger partial charge in [-0.15, -0.1) is 0 Å². The van der Waals surface area contributed by atoms with Crippen LogP contribution in [-0.4, -0.2) is 12.3 Å². The second-order valence-electron chi connectivity index (χ2n) is 1.98. The van der Waals surface area contributed by atoms with Crippen molar-refractivity contribution in [3.8, 4) is 0 Å². The second-order valence-corrected chi connectivity index (χ2v) is 1.98. The molecule has 0 aromatic rings. The normalized spacial score (nSPS) is 24.1. The molecular weight excluding hydrogens is 90.1 g/mol. The van der Waals surface area contributed by atoms with Crippen molar-refractivity contribution in [2.24, 2.45) is 11.7 Å². The zero-order valence-electron chi connectivity index (χ0n) is 4.05. The summed E-state index contributed by atoms with van der Waals surface area (Å²) in [7, 11) is 0. The van der Waals surface area contributed by atoms with Crippen molar-refractivity contribution in [2.45, 2.75) is 18.9 Å². The van der Waals surface area contributed by atoms with E-state index in [2.05, 4.69) is 0 Å². The van der Waals surface area contributed by atoms with Gasteiger partial charge < -0.3 is 5.73 Å². The third-order valence-corrected chi connectivity index (χ3v) is 1.27. The van der Waals surface area contributed by atoms with Crippen LogP contribution < -0.4 is 5.73 Å². The van der Waals surface area contributed by atoms with E-state index in [4.69, 9.17) is 5.73 Å². The lowest BCUT2D eigenvalue weighted by Gasteiger charge is -1.92. The summed E-state index contributed by atoms with van der Waals surface area (Å²) in [4.78, 5) is 9.74. The summed E-state index contributed by atoms with van der Waals surface area (Å²) in [5.41, 5.74) is 5.25. The molecule has 1 saturated carbocycles. The summed E-state index contributed by atoms with van der Waals surface area (Å²) < 4.78 is 0. The first-order valence-corrected chi connectivity index (χ1v) is 2.48. The molecule has 1 aliphatic carbocycles. The molecule has 1 rings (SSSR count). The molecule has 2 heteroatoms. The summed E-state index contributed by atoms with van der Waals surface area (Å²) in [5, 5.41) is 0. The quantitative estimate of drug-likeness (QED) is 0.521. The predicted octanol–water partition coefficient (Wildman–Crippen LogP) is -0.167. The van der Waals surface area contributed by atoms with Crippen LogP contribution in [0.3, 0.4) is 0 Å². The molecule has 0 spiro atoms. The Hall–Kier alpha value is -0.370. The third-order valence-electron chi connectivity index (χ3n) is 1.27. The van der Waals surface area contributed by atoms with Crippen LogP contribution in [0.5, 0.6) is 0 Å². The molecule has 0 aliphatic heterocycles.